The van der Waals surface area contributed by atoms with Crippen LogP contribution in [0.25, 0.3) is 0 Å². The van der Waals surface area contributed by atoms with Crippen molar-refractivity contribution in [2.45, 2.75) is 425 Å². The topological polar surface area (TPSA) is 78.9 Å². The molecular weight excluding hydrogens is 973 g/mol. The van der Waals surface area contributed by atoms with E-state index in [1.165, 1.54) is 321 Å². The maximum absolute atomic E-state index is 13.0. The minimum Gasteiger partial charge on any atom is -0.462 e. The molecule has 0 aliphatic heterocycles. The Morgan fingerprint density at radius 2 is 0.418 bits per heavy atom. The molecule has 1 unspecified atom stereocenters. The Hall–Kier alpha value is -1.85. The summed E-state index contributed by atoms with van der Waals surface area (Å²) in [5.74, 6) is -0.830. The fraction of sp³-hybridized carbons (Fsp3) is 0.932. The molecule has 1 atom stereocenters. The fourth-order valence-electron chi connectivity index (χ4n) is 11.3. The minimum absolute atomic E-state index is 0.0641. The van der Waals surface area contributed by atoms with Crippen molar-refractivity contribution in [1.29, 1.82) is 0 Å². The van der Waals surface area contributed by atoms with E-state index in [9.17, 15) is 14.4 Å². The molecule has 0 heterocycles. The fourth-order valence-corrected chi connectivity index (χ4v) is 11.3. The zero-order valence-electron chi connectivity index (χ0n) is 53.9. The summed E-state index contributed by atoms with van der Waals surface area (Å²) in [6.07, 6.45) is 82.4. The molecule has 0 aromatic rings. The van der Waals surface area contributed by atoms with Crippen LogP contribution in [0.15, 0.2) is 12.2 Å². The lowest BCUT2D eigenvalue weighted by molar-refractivity contribution is -0.167. The lowest BCUT2D eigenvalue weighted by atomic mass is 10.0. The van der Waals surface area contributed by atoms with E-state index < -0.39 is 6.10 Å². The zero-order chi connectivity index (χ0) is 57.1. The first-order chi connectivity index (χ1) is 39.0. The van der Waals surface area contributed by atoms with Crippen molar-refractivity contribution < 1.29 is 28.6 Å². The number of allylic oxidation sites excluding steroid dienone is 2. The van der Waals surface area contributed by atoms with Crippen molar-refractivity contribution in [2.24, 2.45) is 0 Å². The predicted octanol–water partition coefficient (Wildman–Crippen LogP) is 24.8. The number of carbonyl (C=O) groups excluding carboxylic acids is 3. The Morgan fingerprint density at radius 3 is 0.633 bits per heavy atom. The molecule has 468 valence electrons. The molecule has 0 aromatic carbocycles. The van der Waals surface area contributed by atoms with E-state index in [1.807, 2.05) is 0 Å². The Balaban J connectivity index is 4.27. The number of rotatable bonds is 68. The number of hydrogen-bond acceptors (Lipinski definition) is 6. The van der Waals surface area contributed by atoms with E-state index in [4.69, 9.17) is 14.2 Å². The Kier molecular flexibility index (Phi) is 67.0. The van der Waals surface area contributed by atoms with Gasteiger partial charge in [0.05, 0.1) is 0 Å². The third-order valence-corrected chi connectivity index (χ3v) is 16.8. The van der Waals surface area contributed by atoms with Gasteiger partial charge in [0.2, 0.25) is 0 Å². The van der Waals surface area contributed by atoms with Crippen LogP contribution in [0.1, 0.15) is 419 Å². The van der Waals surface area contributed by atoms with Gasteiger partial charge in [-0.25, -0.2) is 0 Å². The summed E-state index contributed by atoms with van der Waals surface area (Å²) in [5.41, 5.74) is 0. The number of unbranched alkanes of at least 4 members (excludes halogenated alkanes) is 55. The van der Waals surface area contributed by atoms with Crippen LogP contribution in [-0.4, -0.2) is 37.2 Å². The molecule has 0 amide bonds. The highest BCUT2D eigenvalue weighted by molar-refractivity contribution is 5.71. The first-order valence-corrected chi connectivity index (χ1v) is 36.2. The molecule has 0 aromatic heterocycles. The van der Waals surface area contributed by atoms with Crippen molar-refractivity contribution in [3.05, 3.63) is 12.2 Å². The Bertz CT molecular complexity index is 1230. The summed E-state index contributed by atoms with van der Waals surface area (Å²) in [7, 11) is 0. The summed E-state index contributed by atoms with van der Waals surface area (Å²) in [5, 5.41) is 0. The van der Waals surface area contributed by atoms with Crippen LogP contribution >= 0.6 is 0 Å². The molecule has 0 radical (unpaired) electrons. The number of esters is 3. The molecule has 6 heteroatoms. The average Bonchev–Trinajstić information content (AvgIpc) is 3.45. The van der Waals surface area contributed by atoms with Crippen LogP contribution in [0, 0.1) is 0 Å². The molecule has 0 N–H and O–H groups in total. The SMILES string of the molecule is CCCCCCCC/C=C\CCCCCCCCCC(=O)OCC(COC(=O)CCCCCCCCCCCCCCCCCCCCCCCCC)OC(=O)CCCCCCCCCCCCCCCCCCCCCCC. The van der Waals surface area contributed by atoms with Gasteiger partial charge in [0.15, 0.2) is 6.10 Å². The van der Waals surface area contributed by atoms with Gasteiger partial charge in [-0.3, -0.25) is 14.4 Å². The van der Waals surface area contributed by atoms with E-state index in [0.29, 0.717) is 19.3 Å². The number of hydrogen-bond donors (Lipinski definition) is 0. The van der Waals surface area contributed by atoms with E-state index >= 15 is 0 Å². The second-order valence-electron chi connectivity index (χ2n) is 24.9. The molecule has 0 saturated carbocycles. The quantitative estimate of drug-likeness (QED) is 0.0261. The molecular formula is C73H140O6. The maximum Gasteiger partial charge on any atom is 0.306 e. The molecule has 0 rings (SSSR count). The molecule has 0 aliphatic carbocycles. The van der Waals surface area contributed by atoms with Gasteiger partial charge in [-0.2, -0.15) is 0 Å². The summed E-state index contributed by atoms with van der Waals surface area (Å²) in [6, 6.07) is 0. The van der Waals surface area contributed by atoms with E-state index in [1.54, 1.807) is 0 Å². The molecule has 79 heavy (non-hydrogen) atoms. The Morgan fingerprint density at radius 1 is 0.241 bits per heavy atom. The summed E-state index contributed by atoms with van der Waals surface area (Å²) in [4.78, 5) is 38.5. The molecule has 0 fully saturated rings. The largest absolute Gasteiger partial charge is 0.462 e. The van der Waals surface area contributed by atoms with Gasteiger partial charge in [-0.15, -0.1) is 0 Å². The van der Waals surface area contributed by atoms with Crippen molar-refractivity contribution in [2.75, 3.05) is 13.2 Å². The third kappa shape index (κ3) is 66.8. The maximum atomic E-state index is 13.0. The van der Waals surface area contributed by atoms with Gasteiger partial charge in [-0.1, -0.05) is 367 Å². The highest BCUT2D eigenvalue weighted by Crippen LogP contribution is 2.19. The summed E-state index contributed by atoms with van der Waals surface area (Å²) < 4.78 is 17.0. The first kappa shape index (κ1) is 77.2. The van der Waals surface area contributed by atoms with Crippen molar-refractivity contribution in [1.82, 2.24) is 0 Å². The highest BCUT2D eigenvalue weighted by Gasteiger charge is 2.19. The van der Waals surface area contributed by atoms with Crippen LogP contribution in [-0.2, 0) is 28.6 Å². The first-order valence-electron chi connectivity index (χ1n) is 36.2. The van der Waals surface area contributed by atoms with Crippen LogP contribution < -0.4 is 0 Å². The summed E-state index contributed by atoms with van der Waals surface area (Å²) >= 11 is 0. The molecule has 0 spiro atoms. The zero-order valence-corrected chi connectivity index (χ0v) is 53.9. The average molecular weight is 1110 g/mol. The number of ether oxygens (including phenoxy) is 3. The van der Waals surface area contributed by atoms with Crippen molar-refractivity contribution >= 4 is 17.9 Å². The predicted molar refractivity (Wildman–Crippen MR) is 344 cm³/mol. The normalized spacial score (nSPS) is 12.0. The molecule has 0 bridgehead atoms. The van der Waals surface area contributed by atoms with E-state index in [0.717, 1.165) is 57.8 Å². The smallest absolute Gasteiger partial charge is 0.306 e. The lowest BCUT2D eigenvalue weighted by Gasteiger charge is -2.18. The minimum atomic E-state index is -0.768. The second-order valence-corrected chi connectivity index (χ2v) is 24.9. The van der Waals surface area contributed by atoms with Crippen LogP contribution in [0.5, 0.6) is 0 Å². The lowest BCUT2D eigenvalue weighted by Crippen LogP contribution is -2.30. The molecule has 6 nitrogen and oxygen atoms in total. The Labute approximate surface area is 494 Å². The van der Waals surface area contributed by atoms with Crippen LogP contribution in [0.3, 0.4) is 0 Å². The van der Waals surface area contributed by atoms with Crippen molar-refractivity contribution in [3.63, 3.8) is 0 Å². The number of carbonyl (C=O) groups is 3. The van der Waals surface area contributed by atoms with Crippen LogP contribution in [0.2, 0.25) is 0 Å². The van der Waals surface area contributed by atoms with Gasteiger partial charge in [0, 0.05) is 19.3 Å². The van der Waals surface area contributed by atoms with Gasteiger partial charge in [0.25, 0.3) is 0 Å². The third-order valence-electron chi connectivity index (χ3n) is 16.8. The van der Waals surface area contributed by atoms with Crippen LogP contribution in [0.4, 0.5) is 0 Å². The van der Waals surface area contributed by atoms with Gasteiger partial charge in [0.1, 0.15) is 13.2 Å². The summed E-state index contributed by atoms with van der Waals surface area (Å²) in [6.45, 7) is 6.73. The van der Waals surface area contributed by atoms with E-state index in [2.05, 4.69) is 32.9 Å². The van der Waals surface area contributed by atoms with Gasteiger partial charge in [-0.05, 0) is 44.9 Å². The van der Waals surface area contributed by atoms with Gasteiger partial charge >= 0.3 is 17.9 Å². The monoisotopic (exact) mass is 1110 g/mol. The van der Waals surface area contributed by atoms with Crippen molar-refractivity contribution in [3.8, 4) is 0 Å². The van der Waals surface area contributed by atoms with E-state index in [-0.39, 0.29) is 31.1 Å². The second kappa shape index (κ2) is 68.6. The van der Waals surface area contributed by atoms with Gasteiger partial charge < -0.3 is 14.2 Å². The highest BCUT2D eigenvalue weighted by atomic mass is 16.6. The molecule has 0 aliphatic rings. The standard InChI is InChI=1S/C73H140O6/c1-4-7-10-13-16-19-22-25-28-31-33-35-36-38-39-42-45-48-51-54-57-60-63-66-72(75)78-69-70(68-77-71(74)65-62-59-56-53-50-47-44-41-30-27-24-21-18-15-12-9-6-3)79-73(76)67-64-61-58-55-52-49-46-43-40-37-34-32-29-26-23-20-17-14-11-8-5-2/h27,30,70H,4-26,28-29,31-69H2,1-3H3/b30-27-. The molecule has 0 saturated heterocycles.